The number of hydrogen-bond donors (Lipinski definition) is 0. The van der Waals surface area contributed by atoms with Gasteiger partial charge < -0.3 is 4.90 Å². The average molecular weight is 325 g/mol. The summed E-state index contributed by atoms with van der Waals surface area (Å²) in [6.07, 6.45) is 3.41. The lowest BCUT2D eigenvalue weighted by atomic mass is 10.0. The van der Waals surface area contributed by atoms with Crippen LogP contribution < -0.4 is 0 Å². The van der Waals surface area contributed by atoms with E-state index < -0.39 is 0 Å². The smallest absolute Gasteiger partial charge is 0.254 e. The minimum absolute atomic E-state index is 0.0881. The number of rotatable bonds is 4. The van der Waals surface area contributed by atoms with Crippen molar-refractivity contribution < 1.29 is 9.59 Å². The van der Waals surface area contributed by atoms with E-state index in [0.29, 0.717) is 25.4 Å². The number of ketones is 1. The van der Waals surface area contributed by atoms with E-state index in [0.717, 1.165) is 29.5 Å². The van der Waals surface area contributed by atoms with Gasteiger partial charge in [0.25, 0.3) is 5.91 Å². The molecule has 1 fully saturated rings. The second kappa shape index (κ2) is 5.60. The maximum atomic E-state index is 13.1. The molecule has 2 aliphatic carbocycles. The topological polar surface area (TPSA) is 37.4 Å². The molecule has 2 aliphatic rings. The third-order valence-corrected chi connectivity index (χ3v) is 5.67. The van der Waals surface area contributed by atoms with Crippen LogP contribution in [0.25, 0.3) is 0 Å². The molecule has 1 aromatic carbocycles. The van der Waals surface area contributed by atoms with Crippen LogP contribution >= 0.6 is 11.3 Å². The first-order chi connectivity index (χ1) is 11.1. The van der Waals surface area contributed by atoms with Crippen LogP contribution in [0.1, 0.15) is 55.3 Å². The molecule has 2 aromatic rings. The van der Waals surface area contributed by atoms with Crippen molar-refractivity contribution in [2.24, 2.45) is 0 Å². The van der Waals surface area contributed by atoms with Crippen molar-refractivity contribution in [2.45, 2.75) is 45.2 Å². The highest BCUT2D eigenvalue weighted by molar-refractivity contribution is 7.11. The zero-order valence-electron chi connectivity index (χ0n) is 13.2. The van der Waals surface area contributed by atoms with Crippen molar-refractivity contribution in [3.05, 3.63) is 56.8 Å². The lowest BCUT2D eigenvalue weighted by molar-refractivity contribution is 0.0730. The van der Waals surface area contributed by atoms with Crippen LogP contribution in [0.5, 0.6) is 0 Å². The predicted octanol–water partition coefficient (Wildman–Crippen LogP) is 3.99. The molecule has 0 aliphatic heterocycles. The molecule has 1 saturated carbocycles. The molecule has 3 nitrogen and oxygen atoms in total. The number of carbonyl (C=O) groups excluding carboxylic acids is 2. The summed E-state index contributed by atoms with van der Waals surface area (Å²) in [6.45, 7) is 2.77. The van der Waals surface area contributed by atoms with E-state index in [1.807, 2.05) is 23.1 Å². The number of carbonyl (C=O) groups is 2. The van der Waals surface area contributed by atoms with Crippen LogP contribution in [-0.4, -0.2) is 22.6 Å². The van der Waals surface area contributed by atoms with Crippen LogP contribution in [0, 0.1) is 6.92 Å². The molecule has 0 spiro atoms. The normalized spacial score (nSPS) is 16.5. The summed E-state index contributed by atoms with van der Waals surface area (Å²) in [6, 6.07) is 10.2. The largest absolute Gasteiger partial charge is 0.331 e. The predicted molar refractivity (Wildman–Crippen MR) is 91.0 cm³/mol. The van der Waals surface area contributed by atoms with Gasteiger partial charge in [0.2, 0.25) is 0 Å². The van der Waals surface area contributed by atoms with Gasteiger partial charge in [-0.05, 0) is 49.9 Å². The molecule has 0 atom stereocenters. The zero-order chi connectivity index (χ0) is 16.0. The maximum Gasteiger partial charge on any atom is 0.254 e. The number of amides is 1. The summed E-state index contributed by atoms with van der Waals surface area (Å²) in [7, 11) is 0. The Kier molecular flexibility index (Phi) is 3.57. The molecule has 0 bridgehead atoms. The highest BCUT2D eigenvalue weighted by Crippen LogP contribution is 2.33. The summed E-state index contributed by atoms with van der Waals surface area (Å²) in [4.78, 5) is 29.6. The Morgan fingerprint density at radius 2 is 2.04 bits per heavy atom. The van der Waals surface area contributed by atoms with E-state index in [1.165, 1.54) is 9.75 Å². The molecule has 0 saturated heterocycles. The third kappa shape index (κ3) is 2.72. The minimum Gasteiger partial charge on any atom is -0.331 e. The maximum absolute atomic E-state index is 13.1. The molecule has 0 radical (unpaired) electrons. The summed E-state index contributed by atoms with van der Waals surface area (Å²) in [5.74, 6) is 0.256. The molecule has 4 heteroatoms. The van der Waals surface area contributed by atoms with Gasteiger partial charge in [-0.2, -0.15) is 0 Å². The van der Waals surface area contributed by atoms with Gasteiger partial charge >= 0.3 is 0 Å². The van der Waals surface area contributed by atoms with Crippen LogP contribution in [0.2, 0.25) is 0 Å². The van der Waals surface area contributed by atoms with Crippen molar-refractivity contribution in [1.29, 1.82) is 0 Å². The van der Waals surface area contributed by atoms with Gasteiger partial charge in [0.1, 0.15) is 0 Å². The first kappa shape index (κ1) is 14.6. The second-order valence-corrected chi connectivity index (χ2v) is 7.80. The molecule has 1 amide bonds. The average Bonchev–Trinajstić information content (AvgIpc) is 3.21. The van der Waals surface area contributed by atoms with E-state index in [1.54, 1.807) is 11.3 Å². The van der Waals surface area contributed by atoms with Crippen LogP contribution in [0.15, 0.2) is 30.3 Å². The molecule has 1 heterocycles. The number of thiophene rings is 1. The molecule has 4 rings (SSSR count). The molecule has 0 unspecified atom stereocenters. The second-order valence-electron chi connectivity index (χ2n) is 6.43. The van der Waals surface area contributed by atoms with Gasteiger partial charge in [0.05, 0.1) is 6.54 Å². The molecular weight excluding hydrogens is 306 g/mol. The Balaban J connectivity index is 1.65. The Labute approximate surface area is 139 Å². The van der Waals surface area contributed by atoms with E-state index >= 15 is 0 Å². The van der Waals surface area contributed by atoms with E-state index in [2.05, 4.69) is 19.1 Å². The summed E-state index contributed by atoms with van der Waals surface area (Å²) in [5.41, 5.74) is 2.43. The van der Waals surface area contributed by atoms with Crippen molar-refractivity contribution in [2.75, 3.05) is 0 Å². The van der Waals surface area contributed by atoms with Gasteiger partial charge in [-0.1, -0.05) is 12.1 Å². The number of aryl methyl sites for hydroxylation is 1. The summed E-state index contributed by atoms with van der Waals surface area (Å²) < 4.78 is 0. The number of benzene rings is 1. The fraction of sp³-hybridized carbons (Fsp3) is 0.368. The molecular formula is C19H19NO2S. The van der Waals surface area contributed by atoms with Crippen molar-refractivity contribution in [3.8, 4) is 0 Å². The van der Waals surface area contributed by atoms with E-state index in [9.17, 15) is 9.59 Å². The first-order valence-electron chi connectivity index (χ1n) is 8.15. The molecule has 23 heavy (non-hydrogen) atoms. The van der Waals surface area contributed by atoms with Crippen molar-refractivity contribution in [1.82, 2.24) is 4.90 Å². The SMILES string of the molecule is Cc1ccc(CN(C(=O)c2cccc3c2CCC3=O)C2CC2)s1. The molecule has 118 valence electrons. The van der Waals surface area contributed by atoms with Gasteiger partial charge in [0.15, 0.2) is 5.78 Å². The fourth-order valence-corrected chi connectivity index (χ4v) is 4.23. The highest BCUT2D eigenvalue weighted by Gasteiger charge is 2.35. The number of nitrogens with zero attached hydrogens (tertiary/aromatic N) is 1. The van der Waals surface area contributed by atoms with Crippen LogP contribution in [0.3, 0.4) is 0 Å². The lowest BCUT2D eigenvalue weighted by Gasteiger charge is -2.23. The van der Waals surface area contributed by atoms with Crippen molar-refractivity contribution >= 4 is 23.0 Å². The number of hydrogen-bond acceptors (Lipinski definition) is 3. The van der Waals surface area contributed by atoms with Crippen molar-refractivity contribution in [3.63, 3.8) is 0 Å². The Morgan fingerprint density at radius 1 is 1.22 bits per heavy atom. The van der Waals surface area contributed by atoms with Crippen LogP contribution in [-0.2, 0) is 13.0 Å². The van der Waals surface area contributed by atoms with E-state index in [-0.39, 0.29) is 11.7 Å². The molecule has 0 N–H and O–H groups in total. The lowest BCUT2D eigenvalue weighted by Crippen LogP contribution is -2.33. The molecule has 1 aromatic heterocycles. The van der Waals surface area contributed by atoms with Gasteiger partial charge in [0, 0.05) is 33.3 Å². The highest BCUT2D eigenvalue weighted by atomic mass is 32.1. The monoisotopic (exact) mass is 325 g/mol. The van der Waals surface area contributed by atoms with Gasteiger partial charge in [-0.25, -0.2) is 0 Å². The Bertz CT molecular complexity index is 788. The number of Topliss-reactive ketones (excluding diaryl/α,β-unsaturated/α-hetero) is 1. The standard InChI is InChI=1S/C19H19NO2S/c1-12-5-8-14(23-12)11-20(13-6-7-13)19(22)17-4-2-3-16-15(17)9-10-18(16)21/h2-5,8,13H,6-7,9-11H2,1H3. The Morgan fingerprint density at radius 3 is 2.74 bits per heavy atom. The first-order valence-corrected chi connectivity index (χ1v) is 8.96. The quantitative estimate of drug-likeness (QED) is 0.852. The van der Waals surface area contributed by atoms with Gasteiger partial charge in [-0.3, -0.25) is 9.59 Å². The fourth-order valence-electron chi connectivity index (χ4n) is 3.34. The summed E-state index contributed by atoms with van der Waals surface area (Å²) in [5, 5.41) is 0. The number of fused-ring (bicyclic) bond motifs is 1. The Hall–Kier alpha value is -1.94. The summed E-state index contributed by atoms with van der Waals surface area (Å²) >= 11 is 1.75. The minimum atomic E-state index is 0.0881. The van der Waals surface area contributed by atoms with E-state index in [4.69, 9.17) is 0 Å². The zero-order valence-corrected chi connectivity index (χ0v) is 14.0. The van der Waals surface area contributed by atoms with Gasteiger partial charge in [-0.15, -0.1) is 11.3 Å². The third-order valence-electron chi connectivity index (χ3n) is 4.68. The van der Waals surface area contributed by atoms with Crippen LogP contribution in [0.4, 0.5) is 0 Å².